The summed E-state index contributed by atoms with van der Waals surface area (Å²) in [5, 5.41) is 3.47. The summed E-state index contributed by atoms with van der Waals surface area (Å²) in [6, 6.07) is 14.6. The van der Waals surface area contributed by atoms with Gasteiger partial charge in [-0.25, -0.2) is 4.98 Å². The number of methoxy groups -OCH3 is 1. The number of thioether (sulfide) groups is 1. The van der Waals surface area contributed by atoms with Gasteiger partial charge in [-0.3, -0.25) is 4.99 Å². The highest BCUT2D eigenvalue weighted by Gasteiger charge is 2.25. The number of rotatable bonds is 9. The van der Waals surface area contributed by atoms with E-state index in [0.717, 1.165) is 30.4 Å². The largest absolute Gasteiger partial charge is 0.475 e. The predicted octanol–water partition coefficient (Wildman–Crippen LogP) is 3.30. The standard InChI is InChI=1S/C22H30N4O2S/c1-23-22(25-15-19-7-6-11-24-21(19)28-14-13-27-2)26-12-10-18(16-26)17-29-20-8-4-3-5-9-20/h3-9,11,18H,10,12-17H2,1-2H3,(H,23,25). The first-order valence-corrected chi connectivity index (χ1v) is 11.0. The molecule has 156 valence electrons. The fourth-order valence-corrected chi connectivity index (χ4v) is 4.36. The molecule has 0 amide bonds. The van der Waals surface area contributed by atoms with E-state index in [4.69, 9.17) is 9.47 Å². The van der Waals surface area contributed by atoms with Crippen molar-refractivity contribution in [2.75, 3.05) is 46.2 Å². The molecule has 29 heavy (non-hydrogen) atoms. The molecule has 3 rings (SSSR count). The monoisotopic (exact) mass is 414 g/mol. The molecular formula is C22H30N4O2S. The van der Waals surface area contributed by atoms with Crippen LogP contribution in [0.3, 0.4) is 0 Å². The number of guanidine groups is 1. The molecule has 1 unspecified atom stereocenters. The van der Waals surface area contributed by atoms with Crippen molar-refractivity contribution in [1.82, 2.24) is 15.2 Å². The van der Waals surface area contributed by atoms with Gasteiger partial charge < -0.3 is 19.7 Å². The van der Waals surface area contributed by atoms with Gasteiger partial charge in [0.15, 0.2) is 5.96 Å². The van der Waals surface area contributed by atoms with Crippen molar-refractivity contribution in [2.45, 2.75) is 17.9 Å². The molecule has 0 spiro atoms. The second kappa shape index (κ2) is 11.7. The van der Waals surface area contributed by atoms with Gasteiger partial charge in [-0.1, -0.05) is 24.3 Å². The Kier molecular flexibility index (Phi) is 8.64. The summed E-state index contributed by atoms with van der Waals surface area (Å²) in [5.74, 6) is 3.39. The van der Waals surface area contributed by atoms with Gasteiger partial charge in [-0.05, 0) is 30.5 Å². The van der Waals surface area contributed by atoms with Crippen LogP contribution in [0.15, 0.2) is 58.5 Å². The molecule has 2 aromatic rings. The molecule has 2 heterocycles. The van der Waals surface area contributed by atoms with Gasteiger partial charge in [0.1, 0.15) is 6.61 Å². The van der Waals surface area contributed by atoms with E-state index in [-0.39, 0.29) is 0 Å². The minimum absolute atomic E-state index is 0.488. The van der Waals surface area contributed by atoms with Gasteiger partial charge in [0, 0.05) is 56.2 Å². The van der Waals surface area contributed by atoms with E-state index in [1.165, 1.54) is 11.3 Å². The van der Waals surface area contributed by atoms with Gasteiger partial charge in [-0.15, -0.1) is 11.8 Å². The first kappa shape index (κ1) is 21.5. The summed E-state index contributed by atoms with van der Waals surface area (Å²) in [6.45, 7) is 3.72. The molecule has 1 saturated heterocycles. The van der Waals surface area contributed by atoms with Gasteiger partial charge in [0.05, 0.1) is 6.61 Å². The number of nitrogens with zero attached hydrogens (tertiary/aromatic N) is 3. The van der Waals surface area contributed by atoms with E-state index in [9.17, 15) is 0 Å². The van der Waals surface area contributed by atoms with Crippen molar-refractivity contribution in [3.8, 4) is 5.88 Å². The van der Waals surface area contributed by atoms with Crippen LogP contribution < -0.4 is 10.1 Å². The third-order valence-electron chi connectivity index (χ3n) is 4.84. The van der Waals surface area contributed by atoms with Crippen molar-refractivity contribution < 1.29 is 9.47 Å². The molecular weight excluding hydrogens is 384 g/mol. The second-order valence-corrected chi connectivity index (χ2v) is 8.03. The lowest BCUT2D eigenvalue weighted by atomic mass is 10.2. The SMILES string of the molecule is CN=C(NCc1cccnc1OCCOC)N1CCC(CSc2ccccc2)C1. The van der Waals surface area contributed by atoms with Crippen LogP contribution >= 0.6 is 11.8 Å². The van der Waals surface area contributed by atoms with E-state index < -0.39 is 0 Å². The number of hydrogen-bond donors (Lipinski definition) is 1. The normalized spacial score (nSPS) is 16.8. The Morgan fingerprint density at radius 1 is 1.24 bits per heavy atom. The number of aromatic nitrogens is 1. The molecule has 0 aliphatic carbocycles. The summed E-state index contributed by atoms with van der Waals surface area (Å²) >= 11 is 1.94. The van der Waals surface area contributed by atoms with Crippen LogP contribution in [0, 0.1) is 5.92 Å². The number of aliphatic imine (C=N–C) groups is 1. The topological polar surface area (TPSA) is 59.0 Å². The van der Waals surface area contributed by atoms with E-state index in [0.29, 0.717) is 31.6 Å². The van der Waals surface area contributed by atoms with Crippen LogP contribution in [0.1, 0.15) is 12.0 Å². The molecule has 1 atom stereocenters. The zero-order chi connectivity index (χ0) is 20.3. The highest BCUT2D eigenvalue weighted by atomic mass is 32.2. The van der Waals surface area contributed by atoms with Crippen molar-refractivity contribution in [1.29, 1.82) is 0 Å². The van der Waals surface area contributed by atoms with Crippen LogP contribution in [0.5, 0.6) is 5.88 Å². The lowest BCUT2D eigenvalue weighted by Crippen LogP contribution is -2.39. The van der Waals surface area contributed by atoms with Crippen molar-refractivity contribution >= 4 is 17.7 Å². The highest BCUT2D eigenvalue weighted by molar-refractivity contribution is 7.99. The predicted molar refractivity (Wildman–Crippen MR) is 119 cm³/mol. The van der Waals surface area contributed by atoms with E-state index in [2.05, 4.69) is 50.5 Å². The highest BCUT2D eigenvalue weighted by Crippen LogP contribution is 2.26. The second-order valence-electron chi connectivity index (χ2n) is 6.93. The zero-order valence-corrected chi connectivity index (χ0v) is 18.0. The van der Waals surface area contributed by atoms with E-state index in [1.54, 1.807) is 13.3 Å². The maximum atomic E-state index is 5.73. The Labute approximate surface area is 177 Å². The third kappa shape index (κ3) is 6.65. The first-order chi connectivity index (χ1) is 14.3. The molecule has 1 N–H and O–H groups in total. The molecule has 1 aliphatic rings. The Morgan fingerprint density at radius 3 is 2.90 bits per heavy atom. The van der Waals surface area contributed by atoms with Gasteiger partial charge in [0.25, 0.3) is 0 Å². The van der Waals surface area contributed by atoms with Crippen LogP contribution in [0.25, 0.3) is 0 Å². The summed E-state index contributed by atoms with van der Waals surface area (Å²) in [5.41, 5.74) is 1.01. The number of ether oxygens (including phenoxy) is 2. The van der Waals surface area contributed by atoms with E-state index in [1.807, 2.05) is 30.9 Å². The molecule has 1 aliphatic heterocycles. The van der Waals surface area contributed by atoms with Crippen LogP contribution in [0.4, 0.5) is 0 Å². The molecule has 1 fully saturated rings. The summed E-state index contributed by atoms with van der Waals surface area (Å²) < 4.78 is 10.8. The maximum absolute atomic E-state index is 5.73. The molecule has 1 aromatic heterocycles. The molecule has 7 heteroatoms. The average molecular weight is 415 g/mol. The Balaban J connectivity index is 1.48. The lowest BCUT2D eigenvalue weighted by molar-refractivity contribution is 0.143. The quantitative estimate of drug-likeness (QED) is 0.294. The average Bonchev–Trinajstić information content (AvgIpc) is 3.23. The van der Waals surface area contributed by atoms with Gasteiger partial charge in [-0.2, -0.15) is 0 Å². The zero-order valence-electron chi connectivity index (χ0n) is 17.2. The molecule has 0 saturated carbocycles. The van der Waals surface area contributed by atoms with Crippen molar-refractivity contribution in [3.05, 3.63) is 54.2 Å². The van der Waals surface area contributed by atoms with Crippen molar-refractivity contribution in [2.24, 2.45) is 10.9 Å². The first-order valence-electron chi connectivity index (χ1n) is 9.99. The minimum Gasteiger partial charge on any atom is -0.475 e. The maximum Gasteiger partial charge on any atom is 0.218 e. The molecule has 0 bridgehead atoms. The third-order valence-corrected chi connectivity index (χ3v) is 6.08. The fraction of sp³-hybridized carbons (Fsp3) is 0.455. The van der Waals surface area contributed by atoms with Crippen LogP contribution in [0.2, 0.25) is 0 Å². The fourth-order valence-electron chi connectivity index (χ4n) is 3.31. The Hall–Kier alpha value is -2.25. The van der Waals surface area contributed by atoms with E-state index >= 15 is 0 Å². The molecule has 6 nitrogen and oxygen atoms in total. The summed E-state index contributed by atoms with van der Waals surface area (Å²) in [4.78, 5) is 12.5. The Morgan fingerprint density at radius 2 is 2.10 bits per heavy atom. The number of nitrogens with one attached hydrogen (secondary N) is 1. The summed E-state index contributed by atoms with van der Waals surface area (Å²) in [6.07, 6.45) is 2.94. The van der Waals surface area contributed by atoms with Gasteiger partial charge >= 0.3 is 0 Å². The van der Waals surface area contributed by atoms with Gasteiger partial charge in [0.2, 0.25) is 5.88 Å². The van der Waals surface area contributed by atoms with Crippen molar-refractivity contribution in [3.63, 3.8) is 0 Å². The lowest BCUT2D eigenvalue weighted by Gasteiger charge is -2.22. The minimum atomic E-state index is 0.488. The smallest absolute Gasteiger partial charge is 0.218 e. The number of benzene rings is 1. The molecule has 1 aromatic carbocycles. The number of pyridine rings is 1. The Bertz CT molecular complexity index is 772. The van der Waals surface area contributed by atoms with Crippen LogP contribution in [-0.4, -0.2) is 62.1 Å². The number of hydrogen-bond acceptors (Lipinski definition) is 5. The summed E-state index contributed by atoms with van der Waals surface area (Å²) in [7, 11) is 3.50. The number of likely N-dealkylation sites (tertiary alicyclic amines) is 1. The molecule has 0 radical (unpaired) electrons. The van der Waals surface area contributed by atoms with Crippen LogP contribution in [-0.2, 0) is 11.3 Å².